The van der Waals surface area contributed by atoms with Gasteiger partial charge >= 0.3 is 18.2 Å². The minimum absolute atomic E-state index is 0.0254. The molecule has 1 saturated heterocycles. The van der Waals surface area contributed by atoms with Gasteiger partial charge in [-0.15, -0.1) is 0 Å². The minimum Gasteiger partial charge on any atom is -0.428 e. The maximum absolute atomic E-state index is 13.7. The van der Waals surface area contributed by atoms with E-state index in [1.54, 1.807) is 13.8 Å². The van der Waals surface area contributed by atoms with E-state index in [2.05, 4.69) is 10.1 Å². The van der Waals surface area contributed by atoms with E-state index in [1.807, 2.05) is 0 Å². The van der Waals surface area contributed by atoms with Crippen molar-refractivity contribution < 1.29 is 40.6 Å². The molecule has 9 nitrogen and oxygen atoms in total. The van der Waals surface area contributed by atoms with Gasteiger partial charge < -0.3 is 15.2 Å². The standard InChI is InChI=1S/C27H31F4N3O6S/c1-16(25(2,3)37)33-21-14-17(22(35)32-26(4)10-12-41(38,39)13-11-26)8-9-20(21)34(24(33)36)18-6-5-7-19(15-18)40-27(30,31)23(28)29/h5-9,14-16,23,37H,10-13H2,1-4H3,(H,32,35). The summed E-state index contributed by atoms with van der Waals surface area (Å²) in [6.45, 7) is 6.32. The third-order valence-electron chi connectivity index (χ3n) is 7.47. The third-order valence-corrected chi connectivity index (χ3v) is 9.13. The zero-order chi connectivity index (χ0) is 30.5. The first-order chi connectivity index (χ1) is 18.8. The molecule has 3 aromatic rings. The van der Waals surface area contributed by atoms with Crippen LogP contribution in [0.2, 0.25) is 0 Å². The van der Waals surface area contributed by atoms with Crippen molar-refractivity contribution in [3.8, 4) is 11.4 Å². The number of carbonyl (C=O) groups is 1. The molecule has 2 aromatic carbocycles. The quantitative estimate of drug-likeness (QED) is 0.376. The molecule has 1 aliphatic heterocycles. The van der Waals surface area contributed by atoms with Crippen LogP contribution < -0.4 is 15.7 Å². The van der Waals surface area contributed by atoms with Crippen molar-refractivity contribution in [3.63, 3.8) is 0 Å². The molecule has 0 radical (unpaired) electrons. The van der Waals surface area contributed by atoms with Gasteiger partial charge in [0.25, 0.3) is 5.91 Å². The number of hydrogen-bond donors (Lipinski definition) is 2. The Morgan fingerprint density at radius 1 is 1.10 bits per heavy atom. The molecule has 1 unspecified atom stereocenters. The molecule has 1 aliphatic rings. The zero-order valence-electron chi connectivity index (χ0n) is 22.8. The number of hydrogen-bond acceptors (Lipinski definition) is 6. The summed E-state index contributed by atoms with van der Waals surface area (Å²) in [5.74, 6) is -1.21. The predicted molar refractivity (Wildman–Crippen MR) is 144 cm³/mol. The predicted octanol–water partition coefficient (Wildman–Crippen LogP) is 4.06. The number of fused-ring (bicyclic) bond motifs is 1. The van der Waals surface area contributed by atoms with Crippen LogP contribution in [0.4, 0.5) is 17.6 Å². The van der Waals surface area contributed by atoms with Crippen molar-refractivity contribution in [2.45, 2.75) is 70.3 Å². The molecule has 224 valence electrons. The monoisotopic (exact) mass is 601 g/mol. The third kappa shape index (κ3) is 6.27. The molecule has 4 rings (SSSR count). The summed E-state index contributed by atoms with van der Waals surface area (Å²) in [5.41, 5.74) is -2.19. The number of sulfone groups is 1. The first-order valence-corrected chi connectivity index (χ1v) is 14.6. The Bertz CT molecular complexity index is 1630. The largest absolute Gasteiger partial charge is 0.461 e. The number of carbonyl (C=O) groups excluding carboxylic acids is 1. The average Bonchev–Trinajstić information content (AvgIpc) is 3.15. The minimum atomic E-state index is -4.76. The number of aliphatic hydroxyl groups is 1. The molecule has 0 spiro atoms. The number of halogens is 4. The summed E-state index contributed by atoms with van der Waals surface area (Å²) in [6.07, 6.45) is -8.35. The van der Waals surface area contributed by atoms with Crippen molar-refractivity contribution in [1.29, 1.82) is 0 Å². The van der Waals surface area contributed by atoms with Crippen molar-refractivity contribution in [2.24, 2.45) is 0 Å². The summed E-state index contributed by atoms with van der Waals surface area (Å²) >= 11 is 0. The number of nitrogens with zero attached hydrogens (tertiary/aromatic N) is 2. The molecule has 1 amide bonds. The zero-order valence-corrected chi connectivity index (χ0v) is 23.6. The number of rotatable bonds is 8. The second kappa shape index (κ2) is 10.5. The fourth-order valence-corrected chi connectivity index (χ4v) is 6.38. The number of imidazole rings is 1. The molecule has 2 heterocycles. The average molecular weight is 602 g/mol. The van der Waals surface area contributed by atoms with Crippen LogP contribution in [0.15, 0.2) is 47.3 Å². The van der Waals surface area contributed by atoms with Gasteiger partial charge in [0, 0.05) is 17.2 Å². The molecule has 1 aromatic heterocycles. The van der Waals surface area contributed by atoms with Crippen LogP contribution >= 0.6 is 0 Å². The van der Waals surface area contributed by atoms with Gasteiger partial charge in [-0.05, 0) is 70.9 Å². The molecule has 1 atom stereocenters. The first kappa shape index (κ1) is 30.6. The molecule has 0 saturated carbocycles. The fraction of sp³-hybridized carbons (Fsp3) is 0.481. The number of alkyl halides is 4. The van der Waals surface area contributed by atoms with E-state index in [1.165, 1.54) is 48.7 Å². The van der Waals surface area contributed by atoms with Crippen LogP contribution in [0, 0.1) is 0 Å². The van der Waals surface area contributed by atoms with Gasteiger partial charge in [0.2, 0.25) is 0 Å². The lowest BCUT2D eigenvalue weighted by atomic mass is 9.94. The Labute approximate surface area is 233 Å². The maximum atomic E-state index is 13.7. The van der Waals surface area contributed by atoms with Crippen LogP contribution in [0.1, 0.15) is 56.9 Å². The van der Waals surface area contributed by atoms with E-state index in [0.717, 1.165) is 16.7 Å². The molecule has 41 heavy (non-hydrogen) atoms. The lowest BCUT2D eigenvalue weighted by molar-refractivity contribution is -0.253. The maximum Gasteiger partial charge on any atom is 0.461 e. The second-order valence-corrected chi connectivity index (χ2v) is 13.5. The van der Waals surface area contributed by atoms with Crippen molar-refractivity contribution in [3.05, 3.63) is 58.5 Å². The summed E-state index contributed by atoms with van der Waals surface area (Å²) in [6, 6.07) is 8.23. The van der Waals surface area contributed by atoms with E-state index in [4.69, 9.17) is 0 Å². The van der Waals surface area contributed by atoms with Gasteiger partial charge in [-0.25, -0.2) is 13.2 Å². The Morgan fingerprint density at radius 3 is 2.32 bits per heavy atom. The highest BCUT2D eigenvalue weighted by Crippen LogP contribution is 2.31. The Kier molecular flexibility index (Phi) is 7.80. The normalized spacial score (nSPS) is 17.9. The number of aromatic nitrogens is 2. The number of amides is 1. The molecule has 2 N–H and O–H groups in total. The Hall–Kier alpha value is -3.39. The molecular formula is C27H31F4N3O6S. The number of benzene rings is 2. The van der Waals surface area contributed by atoms with E-state index in [9.17, 15) is 40.7 Å². The molecule has 14 heteroatoms. The van der Waals surface area contributed by atoms with E-state index >= 15 is 0 Å². The van der Waals surface area contributed by atoms with Gasteiger partial charge in [-0.1, -0.05) is 6.07 Å². The van der Waals surface area contributed by atoms with Gasteiger partial charge in [0.15, 0.2) is 0 Å². The molecule has 0 bridgehead atoms. The Balaban J connectivity index is 1.80. The van der Waals surface area contributed by atoms with Gasteiger partial charge in [-0.2, -0.15) is 17.6 Å². The Morgan fingerprint density at radius 2 is 1.73 bits per heavy atom. The topological polar surface area (TPSA) is 120 Å². The lowest BCUT2D eigenvalue weighted by Crippen LogP contribution is -2.50. The van der Waals surface area contributed by atoms with Gasteiger partial charge in [-0.3, -0.25) is 13.9 Å². The van der Waals surface area contributed by atoms with E-state index in [-0.39, 0.29) is 46.6 Å². The summed E-state index contributed by atoms with van der Waals surface area (Å²) < 4.78 is 82.8. The lowest BCUT2D eigenvalue weighted by Gasteiger charge is -2.34. The number of nitrogens with one attached hydrogen (secondary N) is 1. The van der Waals surface area contributed by atoms with Crippen molar-refractivity contribution in [1.82, 2.24) is 14.5 Å². The van der Waals surface area contributed by atoms with Crippen LogP contribution in [-0.2, 0) is 9.84 Å². The van der Waals surface area contributed by atoms with Crippen molar-refractivity contribution in [2.75, 3.05) is 11.5 Å². The fourth-order valence-electron chi connectivity index (χ4n) is 4.65. The summed E-state index contributed by atoms with van der Waals surface area (Å²) in [5, 5.41) is 13.6. The second-order valence-electron chi connectivity index (χ2n) is 11.1. The van der Waals surface area contributed by atoms with Crippen LogP contribution in [-0.4, -0.2) is 63.7 Å². The summed E-state index contributed by atoms with van der Waals surface area (Å²) in [4.78, 5) is 27.0. The van der Waals surface area contributed by atoms with Crippen molar-refractivity contribution >= 4 is 26.8 Å². The molecular weight excluding hydrogens is 570 g/mol. The SMILES string of the molecule is CC(n1c(=O)n(-c2cccc(OC(F)(F)C(F)F)c2)c2ccc(C(=O)NC3(C)CCS(=O)(=O)CC3)cc21)C(C)(C)O. The van der Waals surface area contributed by atoms with Crippen LogP contribution in [0.25, 0.3) is 16.7 Å². The van der Waals surface area contributed by atoms with E-state index in [0.29, 0.717) is 0 Å². The van der Waals surface area contributed by atoms with E-state index < -0.39 is 56.9 Å². The first-order valence-electron chi connectivity index (χ1n) is 12.8. The molecule has 1 fully saturated rings. The summed E-state index contributed by atoms with van der Waals surface area (Å²) in [7, 11) is -3.16. The van der Waals surface area contributed by atoms with Gasteiger partial charge in [0.05, 0.1) is 39.9 Å². The number of ether oxygens (including phenoxy) is 1. The highest BCUT2D eigenvalue weighted by molar-refractivity contribution is 7.91. The van der Waals surface area contributed by atoms with Crippen LogP contribution in [0.3, 0.4) is 0 Å². The van der Waals surface area contributed by atoms with Gasteiger partial charge in [0.1, 0.15) is 15.6 Å². The highest BCUT2D eigenvalue weighted by Gasteiger charge is 2.44. The highest BCUT2D eigenvalue weighted by atomic mass is 32.2. The molecule has 0 aliphatic carbocycles. The van der Waals surface area contributed by atoms with Crippen LogP contribution in [0.5, 0.6) is 5.75 Å². The smallest absolute Gasteiger partial charge is 0.428 e.